The lowest BCUT2D eigenvalue weighted by atomic mass is 10.0. The van der Waals surface area contributed by atoms with Crippen LogP contribution in [0, 0.1) is 0 Å². The molecule has 0 amide bonds. The van der Waals surface area contributed by atoms with Crippen LogP contribution in [-0.4, -0.2) is 39.3 Å². The van der Waals surface area contributed by atoms with Gasteiger partial charge < -0.3 is 15.7 Å². The lowest BCUT2D eigenvalue weighted by Crippen LogP contribution is -2.36. The van der Waals surface area contributed by atoms with Crippen LogP contribution in [0.4, 0.5) is 0 Å². The average Bonchev–Trinajstić information content (AvgIpc) is 2.72. The molecule has 0 spiro atoms. The van der Waals surface area contributed by atoms with E-state index >= 15 is 0 Å². The first-order chi connectivity index (χ1) is 7.66. The Morgan fingerprint density at radius 3 is 3.06 bits per heavy atom. The second-order valence-corrected chi connectivity index (χ2v) is 5.94. The van der Waals surface area contributed by atoms with Gasteiger partial charge in [0.2, 0.25) is 0 Å². The van der Waals surface area contributed by atoms with E-state index in [9.17, 15) is 4.79 Å². The van der Waals surface area contributed by atoms with Gasteiger partial charge in [0.15, 0.2) is 5.11 Å². The third-order valence-corrected chi connectivity index (χ3v) is 4.81. The maximum atomic E-state index is 10.4. The number of thioether (sulfide) groups is 1. The Kier molecular flexibility index (Phi) is 3.91. The zero-order chi connectivity index (χ0) is 11.5. The summed E-state index contributed by atoms with van der Waals surface area (Å²) >= 11 is 7.05. The van der Waals surface area contributed by atoms with Crippen molar-refractivity contribution in [3.05, 3.63) is 0 Å². The smallest absolute Gasteiger partial charge is 0.303 e. The van der Waals surface area contributed by atoms with E-state index < -0.39 is 5.97 Å². The summed E-state index contributed by atoms with van der Waals surface area (Å²) in [7, 11) is 0. The van der Waals surface area contributed by atoms with Gasteiger partial charge in [-0.1, -0.05) is 6.42 Å². The largest absolute Gasteiger partial charge is 0.481 e. The molecule has 2 saturated heterocycles. The van der Waals surface area contributed by atoms with Crippen LogP contribution in [0.2, 0.25) is 0 Å². The third kappa shape index (κ3) is 2.79. The normalized spacial score (nSPS) is 32.0. The number of aliphatic carboxylic acids is 1. The molecular formula is C10H16N2O2S2. The molecule has 0 unspecified atom stereocenters. The Hall–Kier alpha value is -0.490. The van der Waals surface area contributed by atoms with Crippen LogP contribution < -0.4 is 10.6 Å². The summed E-state index contributed by atoms with van der Waals surface area (Å²) in [6, 6.07) is 0.921. The topological polar surface area (TPSA) is 61.4 Å². The van der Waals surface area contributed by atoms with Gasteiger partial charge in [0.05, 0.1) is 12.1 Å². The van der Waals surface area contributed by atoms with Gasteiger partial charge in [0.25, 0.3) is 0 Å². The number of carboxylic acids is 1. The molecule has 0 aliphatic carbocycles. The van der Waals surface area contributed by atoms with Crippen molar-refractivity contribution in [3.8, 4) is 0 Å². The summed E-state index contributed by atoms with van der Waals surface area (Å²) in [5.74, 6) is 0.403. The van der Waals surface area contributed by atoms with Gasteiger partial charge in [0, 0.05) is 17.4 Å². The molecule has 16 heavy (non-hydrogen) atoms. The minimum absolute atomic E-state index is 0.287. The van der Waals surface area contributed by atoms with E-state index in [-0.39, 0.29) is 6.42 Å². The molecule has 0 aromatic heterocycles. The van der Waals surface area contributed by atoms with E-state index in [2.05, 4.69) is 10.6 Å². The van der Waals surface area contributed by atoms with Crippen molar-refractivity contribution in [1.29, 1.82) is 0 Å². The van der Waals surface area contributed by atoms with Gasteiger partial charge in [0.1, 0.15) is 0 Å². The Bertz CT molecular complexity index is 299. The van der Waals surface area contributed by atoms with Crippen LogP contribution in [0.25, 0.3) is 0 Å². The summed E-state index contributed by atoms with van der Waals surface area (Å²) in [4.78, 5) is 10.4. The van der Waals surface area contributed by atoms with E-state index in [1.165, 1.54) is 0 Å². The first-order valence-corrected chi connectivity index (χ1v) is 7.03. The second-order valence-electron chi connectivity index (χ2n) is 4.26. The molecule has 3 atom stereocenters. The zero-order valence-corrected chi connectivity index (χ0v) is 10.6. The molecule has 6 heteroatoms. The van der Waals surface area contributed by atoms with Crippen molar-refractivity contribution in [3.63, 3.8) is 0 Å². The Morgan fingerprint density at radius 1 is 1.50 bits per heavy atom. The number of thiocarbonyl (C=S) groups is 1. The van der Waals surface area contributed by atoms with Crippen molar-refractivity contribution in [2.75, 3.05) is 5.75 Å². The monoisotopic (exact) mass is 260 g/mol. The fourth-order valence-electron chi connectivity index (χ4n) is 2.26. The maximum Gasteiger partial charge on any atom is 0.303 e. The number of carboxylic acid groups (broad SMARTS) is 1. The molecule has 90 valence electrons. The number of nitrogens with one attached hydrogen (secondary N) is 2. The van der Waals surface area contributed by atoms with Gasteiger partial charge in [-0.2, -0.15) is 11.8 Å². The number of hydrogen-bond acceptors (Lipinski definition) is 3. The van der Waals surface area contributed by atoms with Crippen molar-refractivity contribution >= 4 is 35.1 Å². The summed E-state index contributed by atoms with van der Waals surface area (Å²) < 4.78 is 0. The highest BCUT2D eigenvalue weighted by Gasteiger charge is 2.41. The molecule has 4 nitrogen and oxygen atoms in total. The second kappa shape index (κ2) is 5.23. The number of rotatable bonds is 5. The number of unbranched alkanes of at least 4 members (excludes halogenated alkanes) is 1. The van der Waals surface area contributed by atoms with E-state index in [0.717, 1.165) is 30.1 Å². The highest BCUT2D eigenvalue weighted by atomic mass is 32.2. The standard InChI is InChI=1S/C10H16N2O2S2/c13-8(14)4-2-1-3-7-9-6(5-16-7)11-10(15)12-9/h6-7,9H,1-5H2,(H,13,14)(H2,11,12,15)/t6-,7-,9-/m0/s1. The van der Waals surface area contributed by atoms with Crippen LogP contribution in [0.3, 0.4) is 0 Å². The molecule has 2 rings (SSSR count). The van der Waals surface area contributed by atoms with Gasteiger partial charge in [-0.15, -0.1) is 0 Å². The fraction of sp³-hybridized carbons (Fsp3) is 0.800. The molecule has 3 N–H and O–H groups in total. The van der Waals surface area contributed by atoms with Crippen LogP contribution >= 0.6 is 24.0 Å². The van der Waals surface area contributed by atoms with E-state index in [1.807, 2.05) is 11.8 Å². The quantitative estimate of drug-likeness (QED) is 0.506. The van der Waals surface area contributed by atoms with Crippen LogP contribution in [0.5, 0.6) is 0 Å². The van der Waals surface area contributed by atoms with E-state index in [1.54, 1.807) is 0 Å². The van der Waals surface area contributed by atoms with Crippen molar-refractivity contribution in [2.24, 2.45) is 0 Å². The van der Waals surface area contributed by atoms with Crippen molar-refractivity contribution in [1.82, 2.24) is 10.6 Å². The molecule has 0 bridgehead atoms. The van der Waals surface area contributed by atoms with Gasteiger partial charge >= 0.3 is 5.97 Å². The SMILES string of the molecule is O=C(O)CCCC[C@@H]1SC[C@@H]2NC(=S)N[C@@H]21. The number of fused-ring (bicyclic) bond motifs is 1. The lowest BCUT2D eigenvalue weighted by molar-refractivity contribution is -0.137. The number of carbonyl (C=O) groups is 1. The maximum absolute atomic E-state index is 10.4. The molecule has 2 fully saturated rings. The summed E-state index contributed by atoms with van der Waals surface area (Å²) in [5, 5.41) is 16.4. The molecule has 0 saturated carbocycles. The minimum atomic E-state index is -0.696. The predicted octanol–water partition coefficient (Wildman–Crippen LogP) is 0.962. The molecule has 0 aromatic carbocycles. The summed E-state index contributed by atoms with van der Waals surface area (Å²) in [6.45, 7) is 0. The highest BCUT2D eigenvalue weighted by Crippen LogP contribution is 2.33. The third-order valence-electron chi connectivity index (χ3n) is 3.07. The molecular weight excluding hydrogens is 244 g/mol. The van der Waals surface area contributed by atoms with Crippen molar-refractivity contribution < 1.29 is 9.90 Å². The van der Waals surface area contributed by atoms with Crippen LogP contribution in [-0.2, 0) is 4.79 Å². The Balaban J connectivity index is 1.70. The lowest BCUT2D eigenvalue weighted by Gasteiger charge is -2.16. The predicted molar refractivity (Wildman–Crippen MR) is 68.8 cm³/mol. The molecule has 2 heterocycles. The van der Waals surface area contributed by atoms with E-state index in [4.69, 9.17) is 17.3 Å². The Morgan fingerprint density at radius 2 is 2.31 bits per heavy atom. The van der Waals surface area contributed by atoms with Gasteiger partial charge in [-0.05, 0) is 25.1 Å². The first kappa shape index (κ1) is 12.0. The minimum Gasteiger partial charge on any atom is -0.481 e. The zero-order valence-electron chi connectivity index (χ0n) is 8.94. The highest BCUT2D eigenvalue weighted by molar-refractivity contribution is 8.00. The molecule has 2 aliphatic heterocycles. The van der Waals surface area contributed by atoms with E-state index in [0.29, 0.717) is 17.3 Å². The Labute approximate surface area is 105 Å². The van der Waals surface area contributed by atoms with Gasteiger partial charge in [-0.25, -0.2) is 0 Å². The fourth-order valence-corrected chi connectivity index (χ4v) is 4.10. The van der Waals surface area contributed by atoms with Crippen LogP contribution in [0.1, 0.15) is 25.7 Å². The van der Waals surface area contributed by atoms with Crippen molar-refractivity contribution in [2.45, 2.75) is 43.0 Å². The van der Waals surface area contributed by atoms with Gasteiger partial charge in [-0.3, -0.25) is 4.79 Å². The summed E-state index contributed by atoms with van der Waals surface area (Å²) in [5.41, 5.74) is 0. The summed E-state index contributed by atoms with van der Waals surface area (Å²) in [6.07, 6.45) is 3.13. The molecule has 0 radical (unpaired) electrons. The molecule has 0 aromatic rings. The average molecular weight is 260 g/mol. The molecule has 2 aliphatic rings. The first-order valence-electron chi connectivity index (χ1n) is 5.57. The number of hydrogen-bond donors (Lipinski definition) is 3. The van der Waals surface area contributed by atoms with Crippen LogP contribution in [0.15, 0.2) is 0 Å².